The lowest BCUT2D eigenvalue weighted by molar-refractivity contribution is 1.03. The molecule has 0 atom stereocenters. The first-order chi connectivity index (χ1) is 20.7. The molecule has 0 heterocycles. The van der Waals surface area contributed by atoms with Crippen molar-refractivity contribution in [1.82, 2.24) is 0 Å². The van der Waals surface area contributed by atoms with Crippen LogP contribution in [0.4, 0.5) is 11.4 Å². The quantitative estimate of drug-likeness (QED) is 0.179. The lowest BCUT2D eigenvalue weighted by Gasteiger charge is -2.27. The molecule has 6 aromatic rings. The number of rotatable bonds is 9. The normalized spacial score (nSPS) is 11.0. The summed E-state index contributed by atoms with van der Waals surface area (Å²) in [7, 11) is 0. The summed E-state index contributed by atoms with van der Waals surface area (Å²) in [5, 5.41) is 0. The summed E-state index contributed by atoms with van der Waals surface area (Å²) in [6, 6.07) is 51.2. The van der Waals surface area contributed by atoms with Gasteiger partial charge in [0, 0.05) is 11.4 Å². The molecule has 0 saturated heterocycles. The minimum atomic E-state index is 0.762. The standard InChI is InChI=1S/C40H36N2/c41-34-23-21-33(22-24-34)39-35(25-29-13-5-1-6-14-29)37(27-31-17-9-3-10-18-31)40(42)38(28-32-19-11-4-12-20-32)36(39)26-30-15-7-2-8-16-30/h1-24H,25-28,41-42H2. The van der Waals surface area contributed by atoms with E-state index in [1.54, 1.807) is 0 Å². The Kier molecular flexibility index (Phi) is 8.14. The molecule has 0 amide bonds. The average Bonchev–Trinajstić information content (AvgIpc) is 3.04. The van der Waals surface area contributed by atoms with Gasteiger partial charge >= 0.3 is 0 Å². The Hall–Kier alpha value is -5.08. The molecular formula is C40H36N2. The van der Waals surface area contributed by atoms with Gasteiger partial charge in [0.1, 0.15) is 0 Å². The Labute approximate surface area is 249 Å². The second kappa shape index (κ2) is 12.6. The first-order valence-electron chi connectivity index (χ1n) is 14.6. The number of benzene rings is 6. The molecule has 0 fully saturated rings. The fourth-order valence-electron chi connectivity index (χ4n) is 5.98. The van der Waals surface area contributed by atoms with Gasteiger partial charge in [-0.05, 0) is 93.5 Å². The van der Waals surface area contributed by atoms with Crippen molar-refractivity contribution in [3.63, 3.8) is 0 Å². The Bertz CT molecular complexity index is 1630. The first kappa shape index (κ1) is 27.1. The predicted octanol–water partition coefficient (Wildman–Crippen LogP) is 8.88. The molecule has 0 spiro atoms. The second-order valence-electron chi connectivity index (χ2n) is 11.0. The fraction of sp³-hybridized carbons (Fsp3) is 0.100. The molecule has 0 unspecified atom stereocenters. The third-order valence-electron chi connectivity index (χ3n) is 8.08. The predicted molar refractivity (Wildman–Crippen MR) is 178 cm³/mol. The van der Waals surface area contributed by atoms with Gasteiger partial charge in [-0.15, -0.1) is 0 Å². The van der Waals surface area contributed by atoms with Crippen molar-refractivity contribution in [1.29, 1.82) is 0 Å². The van der Waals surface area contributed by atoms with E-state index in [1.807, 2.05) is 12.1 Å². The molecule has 0 aliphatic carbocycles. The van der Waals surface area contributed by atoms with E-state index in [2.05, 4.69) is 133 Å². The third-order valence-corrected chi connectivity index (χ3v) is 8.08. The second-order valence-corrected chi connectivity index (χ2v) is 11.0. The van der Waals surface area contributed by atoms with Crippen molar-refractivity contribution < 1.29 is 0 Å². The minimum absolute atomic E-state index is 0.762. The van der Waals surface area contributed by atoms with Gasteiger partial charge < -0.3 is 11.5 Å². The highest BCUT2D eigenvalue weighted by Crippen LogP contribution is 2.42. The lowest BCUT2D eigenvalue weighted by Crippen LogP contribution is -2.13. The highest BCUT2D eigenvalue weighted by Gasteiger charge is 2.24. The number of anilines is 2. The van der Waals surface area contributed by atoms with Crippen LogP contribution in [-0.2, 0) is 25.7 Å². The maximum absolute atomic E-state index is 7.34. The van der Waals surface area contributed by atoms with E-state index in [0.29, 0.717) is 0 Å². The Morgan fingerprint density at radius 3 is 0.976 bits per heavy atom. The maximum atomic E-state index is 7.34. The van der Waals surface area contributed by atoms with Crippen LogP contribution in [0.3, 0.4) is 0 Å². The summed E-state index contributed by atoms with van der Waals surface area (Å²) in [6.45, 7) is 0. The van der Waals surface area contributed by atoms with Crippen molar-refractivity contribution in [2.24, 2.45) is 0 Å². The molecule has 4 N–H and O–H groups in total. The molecule has 0 radical (unpaired) electrons. The van der Waals surface area contributed by atoms with Crippen molar-refractivity contribution in [2.45, 2.75) is 25.7 Å². The zero-order valence-corrected chi connectivity index (χ0v) is 23.8. The highest BCUT2D eigenvalue weighted by molar-refractivity contribution is 5.81. The van der Waals surface area contributed by atoms with Crippen molar-refractivity contribution in [3.05, 3.63) is 190 Å². The van der Waals surface area contributed by atoms with Gasteiger partial charge in [0.15, 0.2) is 0 Å². The molecule has 0 aliphatic heterocycles. The number of hydrogen-bond acceptors (Lipinski definition) is 2. The van der Waals surface area contributed by atoms with Crippen molar-refractivity contribution in [2.75, 3.05) is 11.5 Å². The molecule has 2 heteroatoms. The van der Waals surface area contributed by atoms with Crippen LogP contribution in [0.25, 0.3) is 11.1 Å². The van der Waals surface area contributed by atoms with Crippen LogP contribution in [-0.4, -0.2) is 0 Å². The van der Waals surface area contributed by atoms with Gasteiger partial charge in [0.25, 0.3) is 0 Å². The lowest BCUT2D eigenvalue weighted by atomic mass is 9.79. The van der Waals surface area contributed by atoms with Crippen LogP contribution >= 0.6 is 0 Å². The Morgan fingerprint density at radius 1 is 0.333 bits per heavy atom. The molecule has 6 rings (SSSR count). The van der Waals surface area contributed by atoms with Crippen LogP contribution < -0.4 is 11.5 Å². The smallest absolute Gasteiger partial charge is 0.0392 e. The van der Waals surface area contributed by atoms with Gasteiger partial charge in [-0.25, -0.2) is 0 Å². The molecule has 2 nitrogen and oxygen atoms in total. The van der Waals surface area contributed by atoms with Crippen LogP contribution in [0.2, 0.25) is 0 Å². The largest absolute Gasteiger partial charge is 0.399 e. The molecule has 0 aliphatic rings. The summed E-state index contributed by atoms with van der Waals surface area (Å²) in [5.41, 5.74) is 27.7. The van der Waals surface area contributed by atoms with E-state index in [9.17, 15) is 0 Å². The molecule has 42 heavy (non-hydrogen) atoms. The molecule has 0 aromatic heterocycles. The molecule has 0 saturated carbocycles. The molecule has 6 aromatic carbocycles. The number of hydrogen-bond donors (Lipinski definition) is 2. The van der Waals surface area contributed by atoms with Crippen molar-refractivity contribution in [3.8, 4) is 11.1 Å². The molecular weight excluding hydrogens is 508 g/mol. The van der Waals surface area contributed by atoms with E-state index < -0.39 is 0 Å². The van der Waals surface area contributed by atoms with Crippen LogP contribution in [0.5, 0.6) is 0 Å². The SMILES string of the molecule is Nc1ccc(-c2c(Cc3ccccc3)c(Cc3ccccc3)c(N)c(Cc3ccccc3)c2Cc2ccccc2)cc1. The van der Waals surface area contributed by atoms with Gasteiger partial charge in [0.2, 0.25) is 0 Å². The maximum Gasteiger partial charge on any atom is 0.0392 e. The first-order valence-corrected chi connectivity index (χ1v) is 14.6. The van der Waals surface area contributed by atoms with Crippen LogP contribution in [0.15, 0.2) is 146 Å². The van der Waals surface area contributed by atoms with E-state index in [0.717, 1.165) is 37.1 Å². The molecule has 206 valence electrons. The average molecular weight is 545 g/mol. The van der Waals surface area contributed by atoms with Crippen molar-refractivity contribution >= 4 is 11.4 Å². The summed E-state index contributed by atoms with van der Waals surface area (Å²) >= 11 is 0. The van der Waals surface area contributed by atoms with E-state index in [-0.39, 0.29) is 0 Å². The summed E-state index contributed by atoms with van der Waals surface area (Å²) in [6.07, 6.45) is 3.12. The number of nitrogen functional groups attached to an aromatic ring is 2. The summed E-state index contributed by atoms with van der Waals surface area (Å²) < 4.78 is 0. The van der Waals surface area contributed by atoms with E-state index in [1.165, 1.54) is 55.6 Å². The van der Waals surface area contributed by atoms with Gasteiger partial charge in [-0.2, -0.15) is 0 Å². The van der Waals surface area contributed by atoms with Gasteiger partial charge in [0.05, 0.1) is 0 Å². The Morgan fingerprint density at radius 2 is 0.643 bits per heavy atom. The summed E-state index contributed by atoms with van der Waals surface area (Å²) in [4.78, 5) is 0. The van der Waals surface area contributed by atoms with Gasteiger partial charge in [-0.1, -0.05) is 133 Å². The van der Waals surface area contributed by atoms with E-state index in [4.69, 9.17) is 11.5 Å². The number of nitrogens with two attached hydrogens (primary N) is 2. The van der Waals surface area contributed by atoms with E-state index >= 15 is 0 Å². The topological polar surface area (TPSA) is 52.0 Å². The van der Waals surface area contributed by atoms with Crippen LogP contribution in [0.1, 0.15) is 44.5 Å². The highest BCUT2D eigenvalue weighted by atomic mass is 14.6. The fourth-order valence-corrected chi connectivity index (χ4v) is 5.98. The monoisotopic (exact) mass is 544 g/mol. The zero-order chi connectivity index (χ0) is 28.7. The summed E-state index contributed by atoms with van der Waals surface area (Å²) in [5.74, 6) is 0. The van der Waals surface area contributed by atoms with Gasteiger partial charge in [-0.3, -0.25) is 0 Å². The third kappa shape index (κ3) is 6.14. The van der Waals surface area contributed by atoms with Crippen LogP contribution in [0, 0.1) is 0 Å². The Balaban J connectivity index is 1.67. The molecule has 0 bridgehead atoms. The minimum Gasteiger partial charge on any atom is -0.399 e. The zero-order valence-electron chi connectivity index (χ0n) is 23.8.